The zero-order valence-corrected chi connectivity index (χ0v) is 20.1. The van der Waals surface area contributed by atoms with Crippen molar-refractivity contribution in [2.45, 2.75) is 71.2 Å². The number of aromatic nitrogens is 4. The minimum Gasteiger partial charge on any atom is -0.443 e. The zero-order valence-electron chi connectivity index (χ0n) is 18.5. The van der Waals surface area contributed by atoms with Gasteiger partial charge in [0.1, 0.15) is 23.5 Å². The molecular weight excluding hydrogens is 464 g/mol. The van der Waals surface area contributed by atoms with Crippen molar-refractivity contribution in [3.05, 3.63) is 17.8 Å². The standard InChI is InChI=1S/C18H27ClN6O6S/c1-17(2,3)31-16(26)25(32(20,27)28)7-6-11-12(30-18(4,5)29-11)8-24-10-23-13-14(19)21-9-22-15(13)24/h9-12H,6-8H2,1-5H3,(H2,20,27,28)/t11-,12+/m1/s1. The molecule has 2 aromatic rings. The predicted octanol–water partition coefficient (Wildman–Crippen LogP) is 1.83. The lowest BCUT2D eigenvalue weighted by Gasteiger charge is -2.26. The van der Waals surface area contributed by atoms with Crippen LogP contribution in [0.4, 0.5) is 4.79 Å². The van der Waals surface area contributed by atoms with Crippen molar-refractivity contribution in [3.8, 4) is 0 Å². The van der Waals surface area contributed by atoms with Crippen LogP contribution in [0.15, 0.2) is 12.7 Å². The molecule has 0 aliphatic carbocycles. The number of rotatable bonds is 6. The topological polar surface area (TPSA) is 152 Å². The number of amides is 1. The Kier molecular flexibility index (Phi) is 6.69. The number of nitrogens with zero attached hydrogens (tertiary/aromatic N) is 5. The third kappa shape index (κ3) is 5.84. The van der Waals surface area contributed by atoms with E-state index in [1.54, 1.807) is 45.5 Å². The molecular formula is C18H27ClN6O6S. The maximum Gasteiger partial charge on any atom is 0.425 e. The maximum atomic E-state index is 12.4. The van der Waals surface area contributed by atoms with Gasteiger partial charge in [0.05, 0.1) is 19.0 Å². The molecule has 1 aliphatic heterocycles. The number of imidazole rings is 1. The van der Waals surface area contributed by atoms with Crippen molar-refractivity contribution in [2.24, 2.45) is 5.14 Å². The van der Waals surface area contributed by atoms with E-state index < -0.39 is 39.9 Å². The van der Waals surface area contributed by atoms with E-state index in [0.717, 1.165) is 0 Å². The summed E-state index contributed by atoms with van der Waals surface area (Å²) in [5.74, 6) is -0.920. The highest BCUT2D eigenvalue weighted by atomic mass is 35.5. The van der Waals surface area contributed by atoms with Crippen LogP contribution in [-0.2, 0) is 31.0 Å². The molecule has 1 aliphatic rings. The first-order valence-corrected chi connectivity index (χ1v) is 11.7. The van der Waals surface area contributed by atoms with Gasteiger partial charge in [-0.25, -0.2) is 24.9 Å². The monoisotopic (exact) mass is 490 g/mol. The quantitative estimate of drug-likeness (QED) is 0.597. The van der Waals surface area contributed by atoms with Gasteiger partial charge in [-0.3, -0.25) is 0 Å². The van der Waals surface area contributed by atoms with Gasteiger partial charge in [0, 0.05) is 6.54 Å². The average molecular weight is 491 g/mol. The highest BCUT2D eigenvalue weighted by Crippen LogP contribution is 2.32. The normalized spacial score (nSPS) is 21.1. The van der Waals surface area contributed by atoms with Crippen LogP contribution in [0, 0.1) is 0 Å². The van der Waals surface area contributed by atoms with E-state index in [1.807, 2.05) is 0 Å². The first kappa shape index (κ1) is 24.6. The average Bonchev–Trinajstić information content (AvgIpc) is 3.14. The van der Waals surface area contributed by atoms with Gasteiger partial charge in [0.25, 0.3) is 0 Å². The number of hydrogen-bond acceptors (Lipinski definition) is 9. The van der Waals surface area contributed by atoms with Gasteiger partial charge >= 0.3 is 16.3 Å². The van der Waals surface area contributed by atoms with Gasteiger partial charge in [-0.2, -0.15) is 12.7 Å². The number of halogens is 1. The smallest absolute Gasteiger partial charge is 0.425 e. The summed E-state index contributed by atoms with van der Waals surface area (Å²) in [5.41, 5.74) is 0.0922. The van der Waals surface area contributed by atoms with Crippen LogP contribution in [0.2, 0.25) is 5.15 Å². The molecule has 0 saturated carbocycles. The van der Waals surface area contributed by atoms with Crippen molar-refractivity contribution in [1.82, 2.24) is 23.8 Å². The van der Waals surface area contributed by atoms with Crippen LogP contribution in [0.3, 0.4) is 0 Å². The van der Waals surface area contributed by atoms with E-state index in [1.165, 1.54) is 6.33 Å². The summed E-state index contributed by atoms with van der Waals surface area (Å²) in [5, 5.41) is 5.48. The lowest BCUT2D eigenvalue weighted by atomic mass is 10.1. The number of fused-ring (bicyclic) bond motifs is 1. The number of ether oxygens (including phenoxy) is 3. The Hall–Kier alpha value is -2.06. The lowest BCUT2D eigenvalue weighted by Crippen LogP contribution is -2.46. The Balaban J connectivity index is 1.77. The SMILES string of the molecule is CC(C)(C)OC(=O)N(CC[C@H]1OC(C)(C)O[C@H]1Cn1cnc2c(Cl)ncnc21)S(N)(=O)=O. The first-order chi connectivity index (χ1) is 14.7. The first-order valence-electron chi connectivity index (χ1n) is 9.87. The van der Waals surface area contributed by atoms with Gasteiger partial charge in [-0.05, 0) is 41.0 Å². The van der Waals surface area contributed by atoms with Gasteiger partial charge in [0.15, 0.2) is 16.6 Å². The van der Waals surface area contributed by atoms with Crippen LogP contribution in [-0.4, -0.2) is 68.5 Å². The highest BCUT2D eigenvalue weighted by molar-refractivity contribution is 7.87. The molecule has 0 unspecified atom stereocenters. The number of nitrogens with two attached hydrogens (primary N) is 1. The minimum absolute atomic E-state index is 0.131. The molecule has 0 bridgehead atoms. The molecule has 1 amide bonds. The third-order valence-corrected chi connectivity index (χ3v) is 5.76. The van der Waals surface area contributed by atoms with Crippen molar-refractivity contribution in [1.29, 1.82) is 0 Å². The van der Waals surface area contributed by atoms with Crippen molar-refractivity contribution < 1.29 is 27.4 Å². The second-order valence-corrected chi connectivity index (χ2v) is 10.7. The highest BCUT2D eigenvalue weighted by Gasteiger charge is 2.42. The molecule has 2 N–H and O–H groups in total. The Morgan fingerprint density at radius 2 is 1.94 bits per heavy atom. The molecule has 3 heterocycles. The molecule has 1 fully saturated rings. The van der Waals surface area contributed by atoms with Crippen molar-refractivity contribution >= 4 is 39.1 Å². The van der Waals surface area contributed by atoms with Crippen LogP contribution < -0.4 is 5.14 Å². The summed E-state index contributed by atoms with van der Waals surface area (Å²) in [6.45, 7) is 8.44. The zero-order chi connectivity index (χ0) is 23.9. The van der Waals surface area contributed by atoms with Gasteiger partial charge in [0.2, 0.25) is 0 Å². The fourth-order valence-electron chi connectivity index (χ4n) is 3.37. The summed E-state index contributed by atoms with van der Waals surface area (Å²) in [4.78, 5) is 24.7. The number of carbonyl (C=O) groups excluding carboxylic acids is 1. The molecule has 0 aromatic carbocycles. The molecule has 12 nitrogen and oxygen atoms in total. The lowest BCUT2D eigenvalue weighted by molar-refractivity contribution is -0.147. The second kappa shape index (κ2) is 8.71. The Morgan fingerprint density at radius 3 is 2.56 bits per heavy atom. The molecule has 32 heavy (non-hydrogen) atoms. The fraction of sp³-hybridized carbons (Fsp3) is 0.667. The molecule has 1 saturated heterocycles. The molecule has 178 valence electrons. The Labute approximate surface area is 191 Å². The predicted molar refractivity (Wildman–Crippen MR) is 115 cm³/mol. The minimum atomic E-state index is -4.34. The second-order valence-electron chi connectivity index (χ2n) is 8.83. The van der Waals surface area contributed by atoms with Crippen LogP contribution in [0.5, 0.6) is 0 Å². The van der Waals surface area contributed by atoms with E-state index in [0.29, 0.717) is 22.0 Å². The van der Waals surface area contributed by atoms with E-state index in [9.17, 15) is 13.2 Å². The van der Waals surface area contributed by atoms with Gasteiger partial charge < -0.3 is 18.8 Å². The number of hydrogen-bond donors (Lipinski definition) is 1. The van der Waals surface area contributed by atoms with E-state index >= 15 is 0 Å². The molecule has 2 aromatic heterocycles. The summed E-state index contributed by atoms with van der Waals surface area (Å²) < 4.78 is 43.4. The van der Waals surface area contributed by atoms with Crippen LogP contribution in [0.1, 0.15) is 41.0 Å². The number of carbonyl (C=O) groups is 1. The molecule has 14 heteroatoms. The van der Waals surface area contributed by atoms with Gasteiger partial charge in [-0.1, -0.05) is 11.6 Å². The molecule has 0 radical (unpaired) electrons. The Bertz CT molecular complexity index is 1100. The van der Waals surface area contributed by atoms with E-state index in [2.05, 4.69) is 15.0 Å². The third-order valence-electron chi connectivity index (χ3n) is 4.54. The van der Waals surface area contributed by atoms with E-state index in [-0.39, 0.29) is 18.1 Å². The molecule has 0 spiro atoms. The van der Waals surface area contributed by atoms with E-state index in [4.69, 9.17) is 31.0 Å². The van der Waals surface area contributed by atoms with Crippen LogP contribution in [0.25, 0.3) is 11.2 Å². The molecule has 3 rings (SSSR count). The summed E-state index contributed by atoms with van der Waals surface area (Å²) in [6, 6.07) is 0. The van der Waals surface area contributed by atoms with Gasteiger partial charge in [-0.15, -0.1) is 0 Å². The van der Waals surface area contributed by atoms with Crippen molar-refractivity contribution in [2.75, 3.05) is 6.54 Å². The Morgan fingerprint density at radius 1 is 1.28 bits per heavy atom. The summed E-state index contributed by atoms with van der Waals surface area (Å²) in [7, 11) is -4.34. The maximum absolute atomic E-state index is 12.4. The largest absolute Gasteiger partial charge is 0.443 e. The fourth-order valence-corrected chi connectivity index (χ4v) is 4.15. The summed E-state index contributed by atoms with van der Waals surface area (Å²) >= 11 is 6.06. The van der Waals surface area contributed by atoms with Crippen LogP contribution >= 0.6 is 11.6 Å². The van der Waals surface area contributed by atoms with Crippen molar-refractivity contribution in [3.63, 3.8) is 0 Å². The summed E-state index contributed by atoms with van der Waals surface area (Å²) in [6.07, 6.45) is 0.937. The molecule has 2 atom stereocenters.